The molecule has 31 heavy (non-hydrogen) atoms. The van der Waals surface area contributed by atoms with Crippen molar-refractivity contribution in [3.05, 3.63) is 52.0 Å². The molecule has 3 atom stereocenters. The van der Waals surface area contributed by atoms with Crippen molar-refractivity contribution in [3.63, 3.8) is 0 Å². The summed E-state index contributed by atoms with van der Waals surface area (Å²) in [4.78, 5) is 20.4. The molecule has 0 spiro atoms. The Morgan fingerprint density at radius 2 is 2.13 bits per heavy atom. The van der Waals surface area contributed by atoms with Gasteiger partial charge in [-0.1, -0.05) is 6.07 Å². The predicted octanol–water partition coefficient (Wildman–Crippen LogP) is 2.58. The van der Waals surface area contributed by atoms with Crippen LogP contribution in [0.25, 0.3) is 10.2 Å². The highest BCUT2D eigenvalue weighted by Crippen LogP contribution is 2.41. The van der Waals surface area contributed by atoms with Gasteiger partial charge in [0.2, 0.25) is 0 Å². The Morgan fingerprint density at radius 3 is 2.87 bits per heavy atom. The molecule has 4 N–H and O–H groups in total. The van der Waals surface area contributed by atoms with E-state index in [-0.39, 0.29) is 18.1 Å². The molecule has 2 aromatic heterocycles. The van der Waals surface area contributed by atoms with Gasteiger partial charge in [-0.2, -0.15) is 0 Å². The first kappa shape index (κ1) is 20.2. The lowest BCUT2D eigenvalue weighted by atomic mass is 9.88. The zero-order chi connectivity index (χ0) is 21.7. The van der Waals surface area contributed by atoms with E-state index in [4.69, 9.17) is 20.9 Å². The normalized spacial score (nSPS) is 23.1. The molecule has 1 amide bonds. The van der Waals surface area contributed by atoms with Gasteiger partial charge >= 0.3 is 0 Å². The summed E-state index contributed by atoms with van der Waals surface area (Å²) in [7, 11) is 1.70. The van der Waals surface area contributed by atoms with Crippen molar-refractivity contribution in [2.24, 2.45) is 11.5 Å². The molecule has 0 radical (unpaired) electrons. The lowest BCUT2D eigenvalue weighted by Gasteiger charge is -2.28. The Hall–Kier alpha value is -2.68. The number of anilines is 1. The van der Waals surface area contributed by atoms with E-state index >= 15 is 0 Å². The molecule has 162 valence electrons. The third-order valence-electron chi connectivity index (χ3n) is 6.30. The number of hydrogen-bond donors (Lipinski definition) is 2. The van der Waals surface area contributed by atoms with E-state index in [9.17, 15) is 4.79 Å². The monoisotopic (exact) mass is 438 g/mol. The largest absolute Gasteiger partial charge is 0.493 e. The third-order valence-corrected chi connectivity index (χ3v) is 7.43. The first-order valence-electron chi connectivity index (χ1n) is 10.4. The fourth-order valence-electron chi connectivity index (χ4n) is 4.68. The Balaban J connectivity index is 1.44. The number of rotatable bonds is 4. The molecule has 0 bridgehead atoms. The zero-order valence-corrected chi connectivity index (χ0v) is 18.4. The minimum atomic E-state index is -0.408. The topological polar surface area (TPSA) is 104 Å². The Kier molecular flexibility index (Phi) is 5.08. The maximum absolute atomic E-state index is 12.2. The second-order valence-electron chi connectivity index (χ2n) is 8.36. The Morgan fingerprint density at radius 1 is 1.29 bits per heavy atom. The number of amides is 1. The van der Waals surface area contributed by atoms with E-state index in [0.29, 0.717) is 11.5 Å². The number of nitrogens with zero attached hydrogens (tertiary/aromatic N) is 2. The molecular formula is C23H26N4O3S. The summed E-state index contributed by atoms with van der Waals surface area (Å²) in [6.07, 6.45) is 0.827. The lowest BCUT2D eigenvalue weighted by Crippen LogP contribution is -2.34. The first-order chi connectivity index (χ1) is 14.9. The molecule has 1 fully saturated rings. The quantitative estimate of drug-likeness (QED) is 0.649. The lowest BCUT2D eigenvalue weighted by molar-refractivity contribution is 0.100. The summed E-state index contributed by atoms with van der Waals surface area (Å²) < 4.78 is 11.7. The first-order valence-corrected chi connectivity index (χ1v) is 11.2. The van der Waals surface area contributed by atoms with Crippen molar-refractivity contribution in [2.75, 3.05) is 31.7 Å². The van der Waals surface area contributed by atoms with Crippen molar-refractivity contribution < 1.29 is 14.3 Å². The third kappa shape index (κ3) is 3.54. The molecule has 2 aliphatic heterocycles. The standard InChI is InChI=1S/C23H26N4O3S/c1-12-3-6-16-20(21(22(25)28)31-23(16)26-12)14-7-13-4-5-15(8-18(13)30-11-14)27-9-17(24)19(10-27)29-2/h3-6,8,14,17,19H,7,9-11,24H2,1-2H3,(H2,25,28)/t14-,17+,19+/m0/s1. The molecule has 7 nitrogen and oxygen atoms in total. The number of carbonyl (C=O) groups excluding carboxylic acids is 1. The number of ether oxygens (including phenoxy) is 2. The van der Waals surface area contributed by atoms with E-state index < -0.39 is 5.91 Å². The van der Waals surface area contributed by atoms with Gasteiger partial charge in [-0.25, -0.2) is 4.98 Å². The molecule has 0 aliphatic carbocycles. The van der Waals surface area contributed by atoms with Crippen LogP contribution in [0, 0.1) is 6.92 Å². The van der Waals surface area contributed by atoms with Gasteiger partial charge in [0.15, 0.2) is 0 Å². The van der Waals surface area contributed by atoms with E-state index in [1.165, 1.54) is 11.3 Å². The van der Waals surface area contributed by atoms with Gasteiger partial charge in [0.1, 0.15) is 10.6 Å². The summed E-state index contributed by atoms with van der Waals surface area (Å²) in [6, 6.07) is 10.3. The van der Waals surface area contributed by atoms with Crippen LogP contribution < -0.4 is 21.1 Å². The van der Waals surface area contributed by atoms with Crippen molar-refractivity contribution in [3.8, 4) is 5.75 Å². The second kappa shape index (κ2) is 7.78. The molecule has 0 unspecified atom stereocenters. The van der Waals surface area contributed by atoms with Gasteiger partial charge in [0.25, 0.3) is 5.91 Å². The van der Waals surface area contributed by atoms with Gasteiger partial charge in [-0.15, -0.1) is 11.3 Å². The average molecular weight is 439 g/mol. The number of aromatic nitrogens is 1. The number of benzene rings is 1. The summed E-state index contributed by atoms with van der Waals surface area (Å²) in [6.45, 7) is 3.97. The van der Waals surface area contributed by atoms with Crippen molar-refractivity contribution >= 4 is 33.1 Å². The summed E-state index contributed by atoms with van der Waals surface area (Å²) >= 11 is 1.37. The van der Waals surface area contributed by atoms with Crippen LogP contribution in [0.4, 0.5) is 5.69 Å². The van der Waals surface area contributed by atoms with E-state index in [1.807, 2.05) is 19.1 Å². The molecule has 8 heteroatoms. The molecule has 1 aromatic carbocycles. The van der Waals surface area contributed by atoms with E-state index in [0.717, 1.165) is 58.0 Å². The number of aryl methyl sites for hydroxylation is 1. The molecular weight excluding hydrogens is 412 g/mol. The highest BCUT2D eigenvalue weighted by molar-refractivity contribution is 7.20. The van der Waals surface area contributed by atoms with Crippen molar-refractivity contribution in [1.29, 1.82) is 0 Å². The van der Waals surface area contributed by atoms with Crippen LogP contribution in [0.1, 0.15) is 32.4 Å². The van der Waals surface area contributed by atoms with Crippen LogP contribution in [0.5, 0.6) is 5.75 Å². The highest BCUT2D eigenvalue weighted by atomic mass is 32.1. The maximum Gasteiger partial charge on any atom is 0.259 e. The molecule has 2 aliphatic rings. The second-order valence-corrected chi connectivity index (χ2v) is 9.36. The van der Waals surface area contributed by atoms with Gasteiger partial charge in [-0.05, 0) is 42.7 Å². The number of carbonyl (C=O) groups is 1. The Bertz CT molecular complexity index is 1160. The Labute approximate surface area is 184 Å². The van der Waals surface area contributed by atoms with Crippen LogP contribution in [-0.2, 0) is 11.2 Å². The number of thiophene rings is 1. The predicted molar refractivity (Wildman–Crippen MR) is 122 cm³/mol. The number of pyridine rings is 1. The van der Waals surface area contributed by atoms with Crippen LogP contribution in [-0.4, -0.2) is 49.8 Å². The number of hydrogen-bond acceptors (Lipinski definition) is 7. The van der Waals surface area contributed by atoms with Gasteiger partial charge < -0.3 is 25.8 Å². The summed E-state index contributed by atoms with van der Waals surface area (Å²) in [5, 5.41) is 0.995. The summed E-state index contributed by atoms with van der Waals surface area (Å²) in [5.41, 5.74) is 16.0. The molecule has 4 heterocycles. The average Bonchev–Trinajstić information content (AvgIpc) is 3.33. The van der Waals surface area contributed by atoms with Crippen LogP contribution in [0.15, 0.2) is 30.3 Å². The van der Waals surface area contributed by atoms with Crippen LogP contribution >= 0.6 is 11.3 Å². The zero-order valence-electron chi connectivity index (χ0n) is 17.6. The van der Waals surface area contributed by atoms with Crippen LogP contribution in [0.2, 0.25) is 0 Å². The highest BCUT2D eigenvalue weighted by Gasteiger charge is 2.32. The number of nitrogens with two attached hydrogens (primary N) is 2. The molecule has 3 aromatic rings. The van der Waals surface area contributed by atoms with Gasteiger partial charge in [0, 0.05) is 49.0 Å². The fraction of sp³-hybridized carbons (Fsp3) is 0.391. The van der Waals surface area contributed by atoms with Crippen molar-refractivity contribution in [2.45, 2.75) is 31.4 Å². The van der Waals surface area contributed by atoms with E-state index in [2.05, 4.69) is 28.1 Å². The smallest absolute Gasteiger partial charge is 0.259 e. The van der Waals surface area contributed by atoms with Crippen molar-refractivity contribution in [1.82, 2.24) is 4.98 Å². The minimum Gasteiger partial charge on any atom is -0.493 e. The fourth-order valence-corrected chi connectivity index (χ4v) is 5.84. The summed E-state index contributed by atoms with van der Waals surface area (Å²) in [5.74, 6) is 0.532. The van der Waals surface area contributed by atoms with Crippen LogP contribution in [0.3, 0.4) is 0 Å². The SMILES string of the molecule is CO[C@@H]1CN(c2ccc3c(c2)OC[C@@H](c2c(C(N)=O)sc4nc(C)ccc24)C3)C[C@H]1N. The molecule has 1 saturated heterocycles. The molecule has 0 saturated carbocycles. The number of methoxy groups -OCH3 is 1. The number of primary amides is 1. The molecule has 5 rings (SSSR count). The maximum atomic E-state index is 12.2. The minimum absolute atomic E-state index is 0.00247. The van der Waals surface area contributed by atoms with Gasteiger partial charge in [0.05, 0.1) is 23.6 Å². The number of fused-ring (bicyclic) bond motifs is 2. The van der Waals surface area contributed by atoms with Gasteiger partial charge in [-0.3, -0.25) is 4.79 Å². The van der Waals surface area contributed by atoms with E-state index in [1.54, 1.807) is 7.11 Å².